The molecule has 0 amide bonds. The zero-order valence-corrected chi connectivity index (χ0v) is 8.52. The van der Waals surface area contributed by atoms with Crippen molar-refractivity contribution in [2.24, 2.45) is 5.18 Å². The van der Waals surface area contributed by atoms with Crippen LogP contribution in [0.1, 0.15) is 12.0 Å². The van der Waals surface area contributed by atoms with Crippen molar-refractivity contribution in [2.45, 2.75) is 12.8 Å². The van der Waals surface area contributed by atoms with E-state index in [9.17, 15) is 4.91 Å². The Labute approximate surface area is 88.5 Å². The van der Waals surface area contributed by atoms with Gasteiger partial charge in [0, 0.05) is 13.1 Å². The van der Waals surface area contributed by atoms with Gasteiger partial charge in [-0.3, -0.25) is 0 Å². The van der Waals surface area contributed by atoms with Crippen molar-refractivity contribution >= 4 is 11.4 Å². The minimum absolute atomic E-state index is 0.104. The maximum absolute atomic E-state index is 10.7. The topological polar surface area (TPSA) is 52.9 Å². The number of para-hydroxylation sites is 1. The molecular weight excluding hydrogens is 192 g/mol. The summed E-state index contributed by atoms with van der Waals surface area (Å²) in [5.74, 6) is 0. The highest BCUT2D eigenvalue weighted by Crippen LogP contribution is 2.35. The normalized spacial score (nSPS) is 14.9. The first-order chi connectivity index (χ1) is 7.36. The molecule has 0 aromatic heterocycles. The summed E-state index contributed by atoms with van der Waals surface area (Å²) in [6.45, 7) is 1.56. The second-order valence-corrected chi connectivity index (χ2v) is 3.69. The monoisotopic (exact) mass is 206 g/mol. The first kappa shape index (κ1) is 10.1. The van der Waals surface area contributed by atoms with Gasteiger partial charge in [-0.2, -0.15) is 0 Å². The SMILES string of the molecule is O=Nc1cccc2c1N(CCO)CCC2. The van der Waals surface area contributed by atoms with E-state index in [0.717, 1.165) is 30.6 Å². The molecule has 0 unspecified atom stereocenters. The van der Waals surface area contributed by atoms with Crippen molar-refractivity contribution < 1.29 is 5.11 Å². The van der Waals surface area contributed by atoms with E-state index in [2.05, 4.69) is 5.18 Å². The zero-order valence-electron chi connectivity index (χ0n) is 8.52. The van der Waals surface area contributed by atoms with Gasteiger partial charge in [0.2, 0.25) is 0 Å². The molecule has 80 valence electrons. The Balaban J connectivity index is 2.42. The van der Waals surface area contributed by atoms with Gasteiger partial charge in [-0.15, -0.1) is 4.91 Å². The van der Waals surface area contributed by atoms with Crippen molar-refractivity contribution in [1.82, 2.24) is 0 Å². The Morgan fingerprint density at radius 1 is 1.47 bits per heavy atom. The molecule has 1 aromatic rings. The Kier molecular flexibility index (Phi) is 2.97. The van der Waals surface area contributed by atoms with Gasteiger partial charge in [0.25, 0.3) is 0 Å². The molecule has 0 atom stereocenters. The van der Waals surface area contributed by atoms with Gasteiger partial charge >= 0.3 is 0 Å². The summed E-state index contributed by atoms with van der Waals surface area (Å²) >= 11 is 0. The van der Waals surface area contributed by atoms with E-state index in [0.29, 0.717) is 12.2 Å². The fourth-order valence-electron chi connectivity index (χ4n) is 2.13. The molecule has 0 aliphatic carbocycles. The highest BCUT2D eigenvalue weighted by atomic mass is 16.3. The van der Waals surface area contributed by atoms with E-state index in [1.54, 1.807) is 6.07 Å². The number of benzene rings is 1. The highest BCUT2D eigenvalue weighted by Gasteiger charge is 2.19. The molecule has 1 aliphatic heterocycles. The lowest BCUT2D eigenvalue weighted by Gasteiger charge is -2.31. The first-order valence-corrected chi connectivity index (χ1v) is 5.18. The van der Waals surface area contributed by atoms with Crippen LogP contribution in [0.2, 0.25) is 0 Å². The fraction of sp³-hybridized carbons (Fsp3) is 0.455. The summed E-state index contributed by atoms with van der Waals surface area (Å²) in [5, 5.41) is 12.0. The molecule has 0 spiro atoms. The van der Waals surface area contributed by atoms with Gasteiger partial charge in [-0.05, 0) is 29.6 Å². The predicted molar refractivity (Wildman–Crippen MR) is 59.5 cm³/mol. The van der Waals surface area contributed by atoms with Crippen molar-refractivity contribution in [3.05, 3.63) is 28.7 Å². The van der Waals surface area contributed by atoms with Crippen molar-refractivity contribution in [3.63, 3.8) is 0 Å². The number of β-amino-alcohol motifs (C(OH)–C–C–N with tert-alkyl or cyclic N) is 1. The van der Waals surface area contributed by atoms with Crippen LogP contribution in [0, 0.1) is 4.91 Å². The standard InChI is InChI=1S/C11H14N2O2/c14-8-7-13-6-2-4-9-3-1-5-10(12-15)11(9)13/h1,3,5,14H,2,4,6-8H2. The lowest BCUT2D eigenvalue weighted by atomic mass is 10.0. The lowest BCUT2D eigenvalue weighted by Crippen LogP contribution is -2.31. The first-order valence-electron chi connectivity index (χ1n) is 5.18. The van der Waals surface area contributed by atoms with E-state index in [-0.39, 0.29) is 6.61 Å². The Morgan fingerprint density at radius 3 is 3.07 bits per heavy atom. The van der Waals surface area contributed by atoms with Crippen molar-refractivity contribution in [1.29, 1.82) is 0 Å². The molecule has 1 aromatic carbocycles. The lowest BCUT2D eigenvalue weighted by molar-refractivity contribution is 0.301. The summed E-state index contributed by atoms with van der Waals surface area (Å²) in [6.07, 6.45) is 2.05. The minimum Gasteiger partial charge on any atom is -0.395 e. The van der Waals surface area contributed by atoms with Crippen LogP contribution in [0.15, 0.2) is 23.4 Å². The fourth-order valence-corrected chi connectivity index (χ4v) is 2.13. The van der Waals surface area contributed by atoms with Crippen LogP contribution in [-0.2, 0) is 6.42 Å². The van der Waals surface area contributed by atoms with Crippen LogP contribution < -0.4 is 4.90 Å². The van der Waals surface area contributed by atoms with Gasteiger partial charge in [0.1, 0.15) is 5.69 Å². The average molecular weight is 206 g/mol. The van der Waals surface area contributed by atoms with E-state index in [1.807, 2.05) is 17.0 Å². The van der Waals surface area contributed by atoms with E-state index >= 15 is 0 Å². The molecule has 15 heavy (non-hydrogen) atoms. The Morgan fingerprint density at radius 2 is 2.33 bits per heavy atom. The number of nitrogens with zero attached hydrogens (tertiary/aromatic N) is 2. The van der Waals surface area contributed by atoms with Crippen LogP contribution >= 0.6 is 0 Å². The van der Waals surface area contributed by atoms with Crippen LogP contribution in [0.4, 0.5) is 11.4 Å². The third-order valence-corrected chi connectivity index (χ3v) is 2.76. The number of aliphatic hydroxyl groups excluding tert-OH is 1. The summed E-state index contributed by atoms with van der Waals surface area (Å²) < 4.78 is 0. The highest BCUT2D eigenvalue weighted by molar-refractivity contribution is 5.72. The van der Waals surface area contributed by atoms with E-state index in [1.165, 1.54) is 0 Å². The number of hydrogen-bond donors (Lipinski definition) is 1. The zero-order chi connectivity index (χ0) is 10.7. The molecule has 0 fully saturated rings. The van der Waals surface area contributed by atoms with Crippen molar-refractivity contribution in [3.8, 4) is 0 Å². The maximum Gasteiger partial charge on any atom is 0.131 e. The second-order valence-electron chi connectivity index (χ2n) is 3.69. The number of hydrogen-bond acceptors (Lipinski definition) is 4. The Hall–Kier alpha value is -1.42. The largest absolute Gasteiger partial charge is 0.395 e. The predicted octanol–water partition coefficient (Wildman–Crippen LogP) is 1.83. The quantitative estimate of drug-likeness (QED) is 0.767. The molecule has 0 saturated heterocycles. The Bertz CT molecular complexity index is 366. The third kappa shape index (κ3) is 1.85. The van der Waals surface area contributed by atoms with Crippen LogP contribution in [0.3, 0.4) is 0 Å². The molecule has 1 heterocycles. The second kappa shape index (κ2) is 4.40. The summed E-state index contributed by atoms with van der Waals surface area (Å²) in [5.41, 5.74) is 2.56. The number of aliphatic hydroxyl groups is 1. The maximum atomic E-state index is 10.7. The minimum atomic E-state index is 0.104. The molecule has 2 rings (SSSR count). The molecule has 0 bridgehead atoms. The molecule has 1 N–H and O–H groups in total. The summed E-state index contributed by atoms with van der Waals surface area (Å²) in [6, 6.07) is 5.60. The van der Waals surface area contributed by atoms with Gasteiger partial charge in [0.05, 0.1) is 12.3 Å². The summed E-state index contributed by atoms with van der Waals surface area (Å²) in [7, 11) is 0. The number of aryl methyl sites for hydroxylation is 1. The van der Waals surface area contributed by atoms with Gasteiger partial charge in [-0.1, -0.05) is 12.1 Å². The molecule has 4 nitrogen and oxygen atoms in total. The number of rotatable bonds is 3. The number of fused-ring (bicyclic) bond motifs is 1. The van der Waals surface area contributed by atoms with Gasteiger partial charge in [0.15, 0.2) is 0 Å². The third-order valence-electron chi connectivity index (χ3n) is 2.76. The molecule has 4 heteroatoms. The smallest absolute Gasteiger partial charge is 0.131 e. The molecule has 1 aliphatic rings. The average Bonchev–Trinajstić information content (AvgIpc) is 2.29. The van der Waals surface area contributed by atoms with E-state index < -0.39 is 0 Å². The van der Waals surface area contributed by atoms with E-state index in [4.69, 9.17) is 5.11 Å². The molecule has 0 radical (unpaired) electrons. The number of nitroso groups, excluding NO2 is 1. The van der Waals surface area contributed by atoms with Crippen molar-refractivity contribution in [2.75, 3.05) is 24.6 Å². The number of anilines is 1. The molecule has 0 saturated carbocycles. The van der Waals surface area contributed by atoms with Crippen LogP contribution in [0.5, 0.6) is 0 Å². The van der Waals surface area contributed by atoms with Gasteiger partial charge < -0.3 is 10.0 Å². The summed E-state index contributed by atoms with van der Waals surface area (Å²) in [4.78, 5) is 12.7. The van der Waals surface area contributed by atoms with Crippen LogP contribution in [0.25, 0.3) is 0 Å². The van der Waals surface area contributed by atoms with Gasteiger partial charge in [-0.25, -0.2) is 0 Å². The van der Waals surface area contributed by atoms with Crippen LogP contribution in [-0.4, -0.2) is 24.8 Å². The molecular formula is C11H14N2O2.